The first kappa shape index (κ1) is 38.6. The largest absolute Gasteiger partial charge is 0.455 e. The first-order chi connectivity index (χ1) is 29.9. The third-order valence-corrected chi connectivity index (χ3v) is 15.6. The molecule has 0 aliphatic carbocycles. The molecule has 2 unspecified atom stereocenters. The van der Waals surface area contributed by atoms with E-state index in [0.29, 0.717) is 0 Å². The zero-order valence-corrected chi connectivity index (χ0v) is 37.9. The highest BCUT2D eigenvalue weighted by atomic mass is 28.3. The fraction of sp³-hybridized carbons (Fsp3) is 0.228. The van der Waals surface area contributed by atoms with E-state index in [0.717, 1.165) is 81.4 Å². The van der Waals surface area contributed by atoms with Crippen molar-refractivity contribution in [3.05, 3.63) is 175 Å². The Bertz CT molecular complexity index is 3250. The highest BCUT2D eigenvalue weighted by Gasteiger charge is 2.45. The van der Waals surface area contributed by atoms with Crippen molar-refractivity contribution in [3.8, 4) is 39.5 Å². The Hall–Kier alpha value is -6.30. The van der Waals surface area contributed by atoms with Gasteiger partial charge >= 0.3 is 5.82 Å². The Kier molecular flexibility index (Phi) is 8.96. The lowest BCUT2D eigenvalue weighted by Gasteiger charge is -2.33. The summed E-state index contributed by atoms with van der Waals surface area (Å²) in [7, 11) is -1.75. The zero-order chi connectivity index (χ0) is 42.5. The lowest BCUT2D eigenvalue weighted by molar-refractivity contribution is -0.716. The van der Waals surface area contributed by atoms with Crippen LogP contribution in [0.2, 0.25) is 19.6 Å². The summed E-state index contributed by atoms with van der Waals surface area (Å²) < 4.78 is 14.7. The molecular formula is C57H55N3OSi+2. The Labute approximate surface area is 366 Å². The van der Waals surface area contributed by atoms with Gasteiger partial charge in [-0.3, -0.25) is 0 Å². The fourth-order valence-electron chi connectivity index (χ4n) is 10.9. The first-order valence-corrected chi connectivity index (χ1v) is 25.9. The minimum absolute atomic E-state index is 0.173. The van der Waals surface area contributed by atoms with Crippen LogP contribution in [0.3, 0.4) is 0 Å². The number of fused-ring (bicyclic) bond motifs is 15. The number of hydrogen-bond donors (Lipinski definition) is 0. The predicted molar refractivity (Wildman–Crippen MR) is 260 cm³/mol. The number of nitrogens with zero attached hydrogens (tertiary/aromatic N) is 3. The summed E-state index contributed by atoms with van der Waals surface area (Å²) in [4.78, 5) is 0. The van der Waals surface area contributed by atoms with Gasteiger partial charge in [-0.2, -0.15) is 13.7 Å². The van der Waals surface area contributed by atoms with E-state index < -0.39 is 8.07 Å². The fourth-order valence-corrected chi connectivity index (χ4v) is 12.5. The summed E-state index contributed by atoms with van der Waals surface area (Å²) in [6.45, 7) is 19.8. The van der Waals surface area contributed by atoms with Gasteiger partial charge in [0.2, 0.25) is 5.69 Å². The monoisotopic (exact) mass is 825 g/mol. The second-order valence-electron chi connectivity index (χ2n) is 20.0. The molecule has 0 spiro atoms. The van der Waals surface area contributed by atoms with Gasteiger partial charge in [-0.25, -0.2) is 0 Å². The van der Waals surface area contributed by atoms with Gasteiger partial charge in [-0.1, -0.05) is 150 Å². The number of imidazole rings is 1. The molecule has 3 aromatic heterocycles. The molecule has 0 saturated heterocycles. The maximum Gasteiger partial charge on any atom is 0.304 e. The molecule has 6 aromatic carbocycles. The van der Waals surface area contributed by atoms with Crippen LogP contribution >= 0.6 is 0 Å². The van der Waals surface area contributed by atoms with Gasteiger partial charge in [0.15, 0.2) is 28.9 Å². The summed E-state index contributed by atoms with van der Waals surface area (Å²) in [5, 5.41) is 3.84. The summed E-state index contributed by atoms with van der Waals surface area (Å²) in [5.74, 6) is 1.37. The van der Waals surface area contributed by atoms with Crippen LogP contribution in [0.5, 0.6) is 0 Å². The van der Waals surface area contributed by atoms with Gasteiger partial charge in [0, 0.05) is 33.5 Å². The van der Waals surface area contributed by atoms with Crippen molar-refractivity contribution in [1.29, 1.82) is 0 Å². The molecule has 5 heterocycles. The maximum absolute atomic E-state index is 7.03. The van der Waals surface area contributed by atoms with E-state index in [4.69, 9.17) is 11.0 Å². The van der Waals surface area contributed by atoms with Crippen molar-refractivity contribution in [2.75, 3.05) is 0 Å². The third kappa shape index (κ3) is 6.31. The van der Waals surface area contributed by atoms with Crippen LogP contribution in [-0.2, 0) is 12.8 Å². The number of pyridine rings is 1. The molecule has 62 heavy (non-hydrogen) atoms. The van der Waals surface area contributed by atoms with Crippen molar-refractivity contribution in [2.45, 2.75) is 78.1 Å². The van der Waals surface area contributed by atoms with Crippen molar-refractivity contribution >= 4 is 51.9 Å². The molecule has 2 aliphatic heterocycles. The lowest BCUT2D eigenvalue weighted by Crippen LogP contribution is -2.54. The van der Waals surface area contributed by atoms with Crippen molar-refractivity contribution < 1.29 is 13.6 Å². The van der Waals surface area contributed by atoms with Gasteiger partial charge in [0.1, 0.15) is 22.5 Å². The number of para-hydroxylation sites is 3. The molecular weight excluding hydrogens is 771 g/mol. The maximum atomic E-state index is 7.03. The number of rotatable bonds is 4. The molecule has 0 N–H and O–H groups in total. The molecule has 9 aromatic rings. The van der Waals surface area contributed by atoms with Crippen LogP contribution in [0.1, 0.15) is 62.3 Å². The number of aromatic nitrogens is 3. The topological polar surface area (TPSA) is 25.8 Å². The Morgan fingerprint density at radius 2 is 1.50 bits per heavy atom. The van der Waals surface area contributed by atoms with Gasteiger partial charge in [0.25, 0.3) is 0 Å². The third-order valence-electron chi connectivity index (χ3n) is 13.5. The highest BCUT2D eigenvalue weighted by Crippen LogP contribution is 2.48. The lowest BCUT2D eigenvalue weighted by atomic mass is 9.77. The SMILES string of the molecule is C=C1CC2C(CCc3ccc4c(oc5ccccc54)c3-c3n1c1ccccc1[n+]3-c1cccc(-c3ccccc3)c1)c1ccccc1-c1cc(CC(C)(C)C)c([Si](C)(C)C)c[n+]12. The van der Waals surface area contributed by atoms with E-state index in [1.54, 1.807) is 5.19 Å². The summed E-state index contributed by atoms with van der Waals surface area (Å²) in [5.41, 5.74) is 16.9. The van der Waals surface area contributed by atoms with Crippen LogP contribution in [0.4, 0.5) is 0 Å². The summed E-state index contributed by atoms with van der Waals surface area (Å²) in [6, 6.07) is 53.8. The molecule has 4 nitrogen and oxygen atoms in total. The minimum atomic E-state index is -1.75. The predicted octanol–water partition coefficient (Wildman–Crippen LogP) is 13.4. The van der Waals surface area contributed by atoms with E-state index in [1.165, 1.54) is 39.1 Å². The van der Waals surface area contributed by atoms with Crippen molar-refractivity contribution in [1.82, 2.24) is 4.57 Å². The van der Waals surface area contributed by atoms with Crippen molar-refractivity contribution in [2.24, 2.45) is 5.41 Å². The van der Waals surface area contributed by atoms with E-state index in [-0.39, 0.29) is 17.4 Å². The van der Waals surface area contributed by atoms with Gasteiger partial charge in [-0.15, -0.1) is 0 Å². The standard InChI is InChI=1S/C57H55N3OSi/c1-37-32-50-45(43-22-11-12-23-44(43)51-34-41(35-57(2,3)4)53(36-58(50)51)62(5,6)7)30-28-39-29-31-47-46-24-13-16-27-52(46)61-55(47)54(39)56-59(37)48-25-14-15-26-49(48)60(56)42-21-17-20-40(33-42)38-18-9-8-10-19-38/h8-27,29,31,33-34,36,45,50H,1,28,30,32,35H2,2-7H3/q+2. The van der Waals surface area contributed by atoms with Crippen LogP contribution < -0.4 is 14.3 Å². The first-order valence-electron chi connectivity index (χ1n) is 22.4. The normalized spacial score (nSPS) is 16.5. The molecule has 5 heteroatoms. The minimum Gasteiger partial charge on any atom is -0.455 e. The van der Waals surface area contributed by atoms with Crippen LogP contribution in [0, 0.1) is 5.41 Å². The average Bonchev–Trinajstić information content (AvgIpc) is 3.81. The molecule has 0 amide bonds. The van der Waals surface area contributed by atoms with Crippen LogP contribution in [0.15, 0.2) is 163 Å². The Morgan fingerprint density at radius 1 is 0.758 bits per heavy atom. The van der Waals surface area contributed by atoms with Gasteiger partial charge in [0.05, 0.1) is 14.5 Å². The van der Waals surface area contributed by atoms with Crippen LogP contribution in [-0.4, -0.2) is 12.6 Å². The molecule has 2 aliphatic rings. The van der Waals surface area contributed by atoms with Crippen molar-refractivity contribution in [3.63, 3.8) is 0 Å². The van der Waals surface area contributed by atoms with E-state index in [2.05, 4.69) is 206 Å². The number of furan rings is 1. The van der Waals surface area contributed by atoms with Gasteiger partial charge in [-0.05, 0) is 88.9 Å². The quantitative estimate of drug-likeness (QED) is 0.128. The second kappa shape index (κ2) is 14.4. The van der Waals surface area contributed by atoms with Gasteiger partial charge < -0.3 is 4.42 Å². The molecule has 2 atom stereocenters. The number of benzene rings is 6. The van der Waals surface area contributed by atoms with Crippen LogP contribution in [0.25, 0.3) is 78.1 Å². The number of allylic oxidation sites excluding steroid dienone is 1. The smallest absolute Gasteiger partial charge is 0.304 e. The Balaban J connectivity index is 1.21. The summed E-state index contributed by atoms with van der Waals surface area (Å²) in [6.07, 6.45) is 6.35. The second-order valence-corrected chi connectivity index (χ2v) is 25.1. The molecule has 306 valence electrons. The van der Waals surface area contributed by atoms with E-state index >= 15 is 0 Å². The average molecular weight is 826 g/mol. The Morgan fingerprint density at radius 3 is 2.32 bits per heavy atom. The molecule has 0 fully saturated rings. The molecule has 0 saturated carbocycles. The molecule has 0 radical (unpaired) electrons. The highest BCUT2D eigenvalue weighted by molar-refractivity contribution is 6.89. The summed E-state index contributed by atoms with van der Waals surface area (Å²) >= 11 is 0. The number of aryl methyl sites for hydroxylation is 1. The zero-order valence-electron chi connectivity index (χ0n) is 36.9. The number of hydrogen-bond acceptors (Lipinski definition) is 1. The van der Waals surface area contributed by atoms with E-state index in [9.17, 15) is 0 Å². The molecule has 11 rings (SSSR count). The molecule has 0 bridgehead atoms. The van der Waals surface area contributed by atoms with E-state index in [1.807, 2.05) is 0 Å².